The van der Waals surface area contributed by atoms with Crippen molar-refractivity contribution in [2.75, 3.05) is 11.9 Å². The van der Waals surface area contributed by atoms with Crippen LogP contribution in [-0.4, -0.2) is 24.6 Å². The van der Waals surface area contributed by atoms with Crippen LogP contribution in [0, 0.1) is 0 Å². The number of carbonyl (C=O) groups is 2. The number of urea groups is 1. The van der Waals surface area contributed by atoms with Crippen LogP contribution in [-0.2, 0) is 4.79 Å². The summed E-state index contributed by atoms with van der Waals surface area (Å²) in [6.07, 6.45) is 0. The van der Waals surface area contributed by atoms with Crippen molar-refractivity contribution < 1.29 is 14.3 Å². The van der Waals surface area contributed by atoms with Crippen molar-refractivity contribution in [1.29, 1.82) is 0 Å². The molecule has 0 spiro atoms. The van der Waals surface area contributed by atoms with E-state index >= 15 is 0 Å². The summed E-state index contributed by atoms with van der Waals surface area (Å²) >= 11 is 3.34. The molecule has 0 fully saturated rings. The third kappa shape index (κ3) is 4.78. The molecule has 1 unspecified atom stereocenters. The van der Waals surface area contributed by atoms with Gasteiger partial charge < -0.3 is 15.8 Å². The SMILES string of the molecule is CCOc1ccc(Br)cc1NC(C)C(=O)NC(N)=O. The van der Waals surface area contributed by atoms with E-state index in [2.05, 4.69) is 21.2 Å². The molecule has 0 aliphatic rings. The Balaban J connectivity index is 2.82. The highest BCUT2D eigenvalue weighted by Crippen LogP contribution is 2.28. The number of nitrogens with two attached hydrogens (primary N) is 1. The number of hydrogen-bond acceptors (Lipinski definition) is 4. The summed E-state index contributed by atoms with van der Waals surface area (Å²) in [7, 11) is 0. The quantitative estimate of drug-likeness (QED) is 0.768. The van der Waals surface area contributed by atoms with Gasteiger partial charge in [-0.15, -0.1) is 0 Å². The van der Waals surface area contributed by atoms with E-state index in [9.17, 15) is 9.59 Å². The molecule has 0 bridgehead atoms. The van der Waals surface area contributed by atoms with Gasteiger partial charge in [-0.1, -0.05) is 15.9 Å². The van der Waals surface area contributed by atoms with Crippen LogP contribution >= 0.6 is 15.9 Å². The van der Waals surface area contributed by atoms with Crippen LogP contribution in [0.5, 0.6) is 5.75 Å². The van der Waals surface area contributed by atoms with Crippen molar-refractivity contribution in [2.45, 2.75) is 19.9 Å². The molecule has 19 heavy (non-hydrogen) atoms. The summed E-state index contributed by atoms with van der Waals surface area (Å²) in [5.74, 6) is 0.124. The van der Waals surface area contributed by atoms with Crippen LogP contribution in [0.15, 0.2) is 22.7 Å². The highest BCUT2D eigenvalue weighted by molar-refractivity contribution is 9.10. The lowest BCUT2D eigenvalue weighted by Crippen LogP contribution is -2.43. The number of halogens is 1. The predicted molar refractivity (Wildman–Crippen MR) is 76.1 cm³/mol. The second kappa shape index (κ2) is 6.98. The first-order valence-corrected chi connectivity index (χ1v) is 6.52. The molecule has 104 valence electrons. The maximum absolute atomic E-state index is 11.6. The molecule has 1 atom stereocenters. The van der Waals surface area contributed by atoms with Gasteiger partial charge in [0.05, 0.1) is 12.3 Å². The molecule has 1 aromatic carbocycles. The lowest BCUT2D eigenvalue weighted by Gasteiger charge is -2.17. The van der Waals surface area contributed by atoms with Gasteiger partial charge in [0.2, 0.25) is 5.91 Å². The molecular weight excluding hydrogens is 314 g/mol. The maximum atomic E-state index is 11.6. The lowest BCUT2D eigenvalue weighted by molar-refractivity contribution is -0.120. The highest BCUT2D eigenvalue weighted by Gasteiger charge is 2.16. The molecule has 7 heteroatoms. The second-order valence-corrected chi connectivity index (χ2v) is 4.71. The van der Waals surface area contributed by atoms with Crippen LogP contribution in [0.1, 0.15) is 13.8 Å². The summed E-state index contributed by atoms with van der Waals surface area (Å²) in [5.41, 5.74) is 5.55. The fraction of sp³-hybridized carbons (Fsp3) is 0.333. The molecule has 0 aliphatic carbocycles. The number of imide groups is 1. The Labute approximate surface area is 119 Å². The van der Waals surface area contributed by atoms with Gasteiger partial charge >= 0.3 is 6.03 Å². The number of ether oxygens (including phenoxy) is 1. The van der Waals surface area contributed by atoms with Crippen molar-refractivity contribution >= 4 is 33.6 Å². The first-order chi connectivity index (χ1) is 8.93. The van der Waals surface area contributed by atoms with E-state index in [1.54, 1.807) is 19.1 Å². The average molecular weight is 330 g/mol. The standard InChI is InChI=1S/C12H16BrN3O3/c1-3-19-10-5-4-8(13)6-9(10)15-7(2)11(17)16-12(14)18/h4-7,15H,3H2,1-2H3,(H3,14,16,17,18). The van der Waals surface area contributed by atoms with E-state index < -0.39 is 18.0 Å². The molecule has 0 saturated carbocycles. The normalized spacial score (nSPS) is 11.5. The number of anilines is 1. The van der Waals surface area contributed by atoms with Gasteiger partial charge in [0.25, 0.3) is 0 Å². The number of primary amides is 1. The molecule has 4 N–H and O–H groups in total. The number of hydrogen-bond donors (Lipinski definition) is 3. The smallest absolute Gasteiger partial charge is 0.318 e. The van der Waals surface area contributed by atoms with Crippen molar-refractivity contribution in [3.05, 3.63) is 22.7 Å². The van der Waals surface area contributed by atoms with Gasteiger partial charge in [-0.2, -0.15) is 0 Å². The minimum atomic E-state index is -0.877. The van der Waals surface area contributed by atoms with Crippen LogP contribution in [0.2, 0.25) is 0 Å². The zero-order valence-corrected chi connectivity index (χ0v) is 12.3. The Hall–Kier alpha value is -1.76. The number of amides is 3. The molecule has 0 saturated heterocycles. The van der Waals surface area contributed by atoms with E-state index in [1.807, 2.05) is 18.3 Å². The van der Waals surface area contributed by atoms with Gasteiger partial charge in [-0.3, -0.25) is 10.1 Å². The van der Waals surface area contributed by atoms with Crippen LogP contribution in [0.3, 0.4) is 0 Å². The Morgan fingerprint density at radius 2 is 2.16 bits per heavy atom. The van der Waals surface area contributed by atoms with Gasteiger partial charge in [-0.25, -0.2) is 4.79 Å². The Bertz CT molecular complexity index is 479. The van der Waals surface area contributed by atoms with Gasteiger partial charge in [0.1, 0.15) is 11.8 Å². The van der Waals surface area contributed by atoms with E-state index in [0.717, 1.165) is 4.47 Å². The van der Waals surface area contributed by atoms with Crippen LogP contribution in [0.4, 0.5) is 10.5 Å². The van der Waals surface area contributed by atoms with Crippen molar-refractivity contribution in [2.24, 2.45) is 5.73 Å². The Kier molecular flexibility index (Phi) is 5.62. The number of nitrogens with one attached hydrogen (secondary N) is 2. The summed E-state index contributed by atoms with van der Waals surface area (Å²) < 4.78 is 6.30. The molecule has 0 aromatic heterocycles. The summed E-state index contributed by atoms with van der Waals surface area (Å²) in [4.78, 5) is 22.2. The number of carbonyl (C=O) groups excluding carboxylic acids is 2. The number of rotatable bonds is 5. The van der Waals surface area contributed by atoms with Crippen molar-refractivity contribution in [3.63, 3.8) is 0 Å². The van der Waals surface area contributed by atoms with Gasteiger partial charge in [0, 0.05) is 4.47 Å². The van der Waals surface area contributed by atoms with E-state index in [1.165, 1.54) is 0 Å². The molecule has 0 aliphatic heterocycles. The fourth-order valence-electron chi connectivity index (χ4n) is 1.42. The zero-order valence-electron chi connectivity index (χ0n) is 10.7. The van der Waals surface area contributed by atoms with E-state index in [4.69, 9.17) is 10.5 Å². The third-order valence-electron chi connectivity index (χ3n) is 2.25. The molecule has 3 amide bonds. The fourth-order valence-corrected chi connectivity index (χ4v) is 1.79. The van der Waals surface area contributed by atoms with E-state index in [-0.39, 0.29) is 0 Å². The first-order valence-electron chi connectivity index (χ1n) is 5.73. The number of benzene rings is 1. The largest absolute Gasteiger partial charge is 0.492 e. The predicted octanol–water partition coefficient (Wildman–Crippen LogP) is 1.84. The second-order valence-electron chi connectivity index (χ2n) is 3.79. The lowest BCUT2D eigenvalue weighted by atomic mass is 10.2. The molecule has 0 radical (unpaired) electrons. The molecule has 0 heterocycles. The van der Waals surface area contributed by atoms with Crippen LogP contribution in [0.25, 0.3) is 0 Å². The minimum absolute atomic E-state index is 0.505. The Morgan fingerprint density at radius 1 is 1.47 bits per heavy atom. The monoisotopic (exact) mass is 329 g/mol. The van der Waals surface area contributed by atoms with Gasteiger partial charge in [0.15, 0.2) is 0 Å². The first kappa shape index (κ1) is 15.3. The van der Waals surface area contributed by atoms with Crippen molar-refractivity contribution in [3.8, 4) is 5.75 Å². The summed E-state index contributed by atoms with van der Waals surface area (Å²) in [6, 6.07) is 3.91. The molecule has 6 nitrogen and oxygen atoms in total. The highest BCUT2D eigenvalue weighted by atomic mass is 79.9. The molecule has 1 aromatic rings. The van der Waals surface area contributed by atoms with Crippen molar-refractivity contribution in [1.82, 2.24) is 5.32 Å². The van der Waals surface area contributed by atoms with Crippen LogP contribution < -0.4 is 21.1 Å². The summed E-state index contributed by atoms with van der Waals surface area (Å²) in [6.45, 7) is 4.00. The third-order valence-corrected chi connectivity index (χ3v) is 2.75. The van der Waals surface area contributed by atoms with E-state index in [0.29, 0.717) is 18.0 Å². The van der Waals surface area contributed by atoms with Gasteiger partial charge in [-0.05, 0) is 32.0 Å². The molecule has 1 rings (SSSR count). The maximum Gasteiger partial charge on any atom is 0.318 e. The summed E-state index contributed by atoms with van der Waals surface area (Å²) in [5, 5.41) is 4.98. The topological polar surface area (TPSA) is 93.4 Å². The minimum Gasteiger partial charge on any atom is -0.492 e. The average Bonchev–Trinajstić information content (AvgIpc) is 2.32. The molecular formula is C12H16BrN3O3. The Morgan fingerprint density at radius 3 is 2.74 bits per heavy atom. The zero-order chi connectivity index (χ0) is 14.4.